The number of piperidine rings is 1. The number of hydrogen-bond donors (Lipinski definition) is 2. The first-order chi connectivity index (χ1) is 8.56. The first kappa shape index (κ1) is 12.2. The monoisotopic (exact) mass is 314 g/mol. The molecule has 1 aromatic carbocycles. The van der Waals surface area contributed by atoms with Gasteiger partial charge in [0.1, 0.15) is 5.82 Å². The average Bonchev–Trinajstić information content (AvgIpc) is 2.56. The van der Waals surface area contributed by atoms with Crippen LogP contribution in [0.1, 0.15) is 25.7 Å². The third kappa shape index (κ3) is 1.89. The van der Waals surface area contributed by atoms with Crippen molar-refractivity contribution in [2.24, 2.45) is 0 Å². The zero-order valence-electron chi connectivity index (χ0n) is 9.94. The van der Waals surface area contributed by atoms with E-state index in [9.17, 15) is 9.50 Å². The van der Waals surface area contributed by atoms with Gasteiger partial charge in [0.05, 0.1) is 22.0 Å². The van der Waals surface area contributed by atoms with Gasteiger partial charge < -0.3 is 15.7 Å². The summed E-state index contributed by atoms with van der Waals surface area (Å²) in [5, 5.41) is 9.80. The minimum atomic E-state index is -0.333. The van der Waals surface area contributed by atoms with Gasteiger partial charge in [-0.3, -0.25) is 0 Å². The molecule has 2 aliphatic rings. The first-order valence-electron chi connectivity index (χ1n) is 6.27. The van der Waals surface area contributed by atoms with Crippen LogP contribution in [0, 0.1) is 5.82 Å². The van der Waals surface area contributed by atoms with Crippen molar-refractivity contribution >= 4 is 27.3 Å². The molecular weight excluding hydrogens is 299 g/mol. The average molecular weight is 315 g/mol. The van der Waals surface area contributed by atoms with Crippen LogP contribution in [0.2, 0.25) is 0 Å². The summed E-state index contributed by atoms with van der Waals surface area (Å²) in [5.41, 5.74) is 7.31. The van der Waals surface area contributed by atoms with Crippen LogP contribution in [0.15, 0.2) is 16.6 Å². The molecule has 2 saturated heterocycles. The number of nitrogen functional groups attached to an aromatic ring is 1. The van der Waals surface area contributed by atoms with Gasteiger partial charge in [-0.1, -0.05) is 0 Å². The molecule has 3 rings (SSSR count). The van der Waals surface area contributed by atoms with Crippen LogP contribution in [0.4, 0.5) is 15.8 Å². The predicted octanol–water partition coefficient (Wildman–Crippen LogP) is 2.66. The second-order valence-corrected chi connectivity index (χ2v) is 6.10. The number of anilines is 2. The fourth-order valence-corrected chi connectivity index (χ4v) is 3.65. The van der Waals surface area contributed by atoms with Crippen LogP contribution in [-0.2, 0) is 0 Å². The Hall–Kier alpha value is -0.810. The second kappa shape index (κ2) is 4.38. The highest BCUT2D eigenvalue weighted by atomic mass is 79.9. The van der Waals surface area contributed by atoms with E-state index in [2.05, 4.69) is 20.8 Å². The number of aliphatic hydroxyl groups is 1. The van der Waals surface area contributed by atoms with E-state index in [-0.39, 0.29) is 11.9 Å². The van der Waals surface area contributed by atoms with Gasteiger partial charge in [-0.05, 0) is 47.7 Å². The lowest BCUT2D eigenvalue weighted by Crippen LogP contribution is -2.45. The number of aliphatic hydroxyl groups excluding tert-OH is 1. The highest BCUT2D eigenvalue weighted by Gasteiger charge is 2.40. The molecule has 1 aromatic rings. The summed E-state index contributed by atoms with van der Waals surface area (Å²) >= 11 is 3.21. The molecule has 0 aliphatic carbocycles. The van der Waals surface area contributed by atoms with Gasteiger partial charge in [-0.2, -0.15) is 0 Å². The summed E-state index contributed by atoms with van der Waals surface area (Å²) in [5.74, 6) is -0.333. The molecule has 0 spiro atoms. The van der Waals surface area contributed by atoms with Crippen LogP contribution in [0.3, 0.4) is 0 Å². The van der Waals surface area contributed by atoms with E-state index >= 15 is 0 Å². The Balaban J connectivity index is 1.98. The van der Waals surface area contributed by atoms with E-state index in [4.69, 9.17) is 5.73 Å². The quantitative estimate of drug-likeness (QED) is 0.784. The van der Waals surface area contributed by atoms with E-state index in [0.29, 0.717) is 22.2 Å². The van der Waals surface area contributed by atoms with Gasteiger partial charge in [0, 0.05) is 18.2 Å². The fourth-order valence-electron chi connectivity index (χ4n) is 3.32. The predicted molar refractivity (Wildman–Crippen MR) is 73.0 cm³/mol. The summed E-state index contributed by atoms with van der Waals surface area (Å²) < 4.78 is 13.9. The summed E-state index contributed by atoms with van der Waals surface area (Å²) in [6.07, 6.45) is 3.52. The fraction of sp³-hybridized carbons (Fsp3) is 0.538. The van der Waals surface area contributed by atoms with Gasteiger partial charge >= 0.3 is 0 Å². The molecule has 3 N–H and O–H groups in total. The lowest BCUT2D eigenvalue weighted by Gasteiger charge is -2.39. The number of nitrogens with zero attached hydrogens (tertiary/aromatic N) is 1. The molecule has 2 bridgehead atoms. The third-order valence-electron chi connectivity index (χ3n) is 4.06. The minimum Gasteiger partial charge on any atom is -0.397 e. The molecule has 2 heterocycles. The van der Waals surface area contributed by atoms with Crippen LogP contribution >= 0.6 is 15.9 Å². The van der Waals surface area contributed by atoms with Crippen molar-refractivity contribution in [2.75, 3.05) is 10.6 Å². The standard InChI is InChI=1S/C13H16BrFN2O/c14-10-5-13(12(16)6-11(10)15)17-7-1-2-8(17)4-9(18)3-7/h5-9,18H,1-4,16H2. The number of nitrogens with two attached hydrogens (primary N) is 1. The largest absolute Gasteiger partial charge is 0.397 e. The number of rotatable bonds is 1. The van der Waals surface area contributed by atoms with Gasteiger partial charge in [0.15, 0.2) is 0 Å². The van der Waals surface area contributed by atoms with Crippen LogP contribution in [0.25, 0.3) is 0 Å². The van der Waals surface area contributed by atoms with E-state index in [1.165, 1.54) is 6.07 Å². The van der Waals surface area contributed by atoms with Gasteiger partial charge in [0.25, 0.3) is 0 Å². The first-order valence-corrected chi connectivity index (χ1v) is 7.06. The molecule has 0 aromatic heterocycles. The van der Waals surface area contributed by atoms with Crippen molar-refractivity contribution in [1.29, 1.82) is 0 Å². The summed E-state index contributed by atoms with van der Waals surface area (Å²) in [7, 11) is 0. The smallest absolute Gasteiger partial charge is 0.139 e. The topological polar surface area (TPSA) is 49.5 Å². The van der Waals surface area contributed by atoms with E-state index in [1.54, 1.807) is 6.07 Å². The van der Waals surface area contributed by atoms with E-state index < -0.39 is 0 Å². The van der Waals surface area contributed by atoms with Crippen molar-refractivity contribution < 1.29 is 9.50 Å². The summed E-state index contributed by atoms with van der Waals surface area (Å²) in [6, 6.07) is 3.79. The van der Waals surface area contributed by atoms with Gasteiger partial charge in [0.2, 0.25) is 0 Å². The summed E-state index contributed by atoms with van der Waals surface area (Å²) in [4.78, 5) is 2.27. The van der Waals surface area contributed by atoms with Crippen molar-refractivity contribution in [1.82, 2.24) is 0 Å². The molecule has 5 heteroatoms. The molecule has 2 fully saturated rings. The van der Waals surface area contributed by atoms with Gasteiger partial charge in [-0.25, -0.2) is 4.39 Å². The Bertz CT molecular complexity index is 468. The molecule has 0 saturated carbocycles. The lowest BCUT2D eigenvalue weighted by molar-refractivity contribution is 0.126. The summed E-state index contributed by atoms with van der Waals surface area (Å²) in [6.45, 7) is 0. The van der Waals surface area contributed by atoms with Crippen LogP contribution in [0.5, 0.6) is 0 Å². The maximum Gasteiger partial charge on any atom is 0.139 e. The molecule has 3 nitrogen and oxygen atoms in total. The zero-order valence-corrected chi connectivity index (χ0v) is 11.5. The van der Waals surface area contributed by atoms with Gasteiger partial charge in [-0.15, -0.1) is 0 Å². The number of fused-ring (bicyclic) bond motifs is 2. The number of hydrogen-bond acceptors (Lipinski definition) is 3. The van der Waals surface area contributed by atoms with Crippen LogP contribution in [-0.4, -0.2) is 23.3 Å². The second-order valence-electron chi connectivity index (χ2n) is 5.24. The zero-order chi connectivity index (χ0) is 12.9. The van der Waals surface area contributed by atoms with Crippen LogP contribution < -0.4 is 10.6 Å². The van der Waals surface area contributed by atoms with Crippen molar-refractivity contribution in [3.8, 4) is 0 Å². The molecule has 0 amide bonds. The van der Waals surface area contributed by atoms with E-state index in [0.717, 1.165) is 31.4 Å². The van der Waals surface area contributed by atoms with Crippen molar-refractivity contribution in [3.63, 3.8) is 0 Å². The maximum atomic E-state index is 13.4. The third-order valence-corrected chi connectivity index (χ3v) is 4.66. The Labute approximate surface area is 114 Å². The highest BCUT2D eigenvalue weighted by Crippen LogP contribution is 2.42. The molecule has 2 atom stereocenters. The Morgan fingerprint density at radius 3 is 2.50 bits per heavy atom. The molecule has 18 heavy (non-hydrogen) atoms. The maximum absolute atomic E-state index is 13.4. The Morgan fingerprint density at radius 2 is 1.89 bits per heavy atom. The lowest BCUT2D eigenvalue weighted by atomic mass is 9.98. The molecule has 2 unspecified atom stereocenters. The number of benzene rings is 1. The highest BCUT2D eigenvalue weighted by molar-refractivity contribution is 9.10. The normalized spacial score (nSPS) is 30.8. The van der Waals surface area contributed by atoms with E-state index in [1.807, 2.05) is 0 Å². The number of halogens is 2. The Kier molecular flexibility index (Phi) is 2.98. The molecule has 0 radical (unpaired) electrons. The van der Waals surface area contributed by atoms with Crippen molar-refractivity contribution in [2.45, 2.75) is 43.9 Å². The molecular formula is C13H16BrFN2O. The molecule has 98 valence electrons. The molecule has 2 aliphatic heterocycles. The minimum absolute atomic E-state index is 0.205. The SMILES string of the molecule is Nc1cc(F)c(Br)cc1N1C2CCC1CC(O)C2. The Morgan fingerprint density at radius 1 is 1.28 bits per heavy atom. The van der Waals surface area contributed by atoms with Crippen molar-refractivity contribution in [3.05, 3.63) is 22.4 Å².